The van der Waals surface area contributed by atoms with Gasteiger partial charge in [-0.1, -0.05) is 27.5 Å². The topological polar surface area (TPSA) is 30.8 Å². The summed E-state index contributed by atoms with van der Waals surface area (Å²) in [4.78, 5) is 5.65. The van der Waals surface area contributed by atoms with Crippen LogP contribution < -0.4 is 9.47 Å². The Morgan fingerprint density at radius 3 is 2.59 bits per heavy atom. The van der Waals surface area contributed by atoms with Crippen LogP contribution in [-0.4, -0.2) is 26.7 Å². The number of hydrogen-bond acceptors (Lipinski definition) is 4. The van der Waals surface area contributed by atoms with Crippen LogP contribution in [0.1, 0.15) is 5.56 Å². The highest BCUT2D eigenvalue weighted by atomic mass is 79.9. The first-order chi connectivity index (χ1) is 10.6. The van der Waals surface area contributed by atoms with Crippen LogP contribution in [0.15, 0.2) is 44.7 Å². The van der Waals surface area contributed by atoms with E-state index in [9.17, 15) is 0 Å². The second kappa shape index (κ2) is 7.90. The summed E-state index contributed by atoms with van der Waals surface area (Å²) in [6.07, 6.45) is 3.75. The van der Waals surface area contributed by atoms with Crippen molar-refractivity contribution in [2.75, 3.05) is 20.5 Å². The van der Waals surface area contributed by atoms with E-state index in [1.165, 1.54) is 0 Å². The van der Waals surface area contributed by atoms with Gasteiger partial charge in [-0.2, -0.15) is 0 Å². The number of methoxy groups -OCH3 is 2. The van der Waals surface area contributed by atoms with E-state index in [1.807, 2.05) is 24.5 Å². The molecule has 0 radical (unpaired) electrons. The molecule has 2 aromatic carbocycles. The average Bonchev–Trinajstić information content (AvgIpc) is 2.52. The molecule has 0 aromatic heterocycles. The lowest BCUT2D eigenvalue weighted by Gasteiger charge is -2.11. The van der Waals surface area contributed by atoms with Gasteiger partial charge in [0.1, 0.15) is 0 Å². The molecule has 3 nitrogen and oxygen atoms in total. The van der Waals surface area contributed by atoms with Crippen LogP contribution in [-0.2, 0) is 0 Å². The van der Waals surface area contributed by atoms with Crippen molar-refractivity contribution in [3.8, 4) is 11.5 Å². The number of rotatable bonds is 5. The maximum Gasteiger partial charge on any atom is 0.169 e. The third-order valence-corrected chi connectivity index (χ3v) is 4.45. The van der Waals surface area contributed by atoms with E-state index >= 15 is 0 Å². The van der Waals surface area contributed by atoms with Crippen molar-refractivity contribution in [2.45, 2.75) is 4.90 Å². The molecule has 22 heavy (non-hydrogen) atoms. The zero-order valence-electron chi connectivity index (χ0n) is 12.4. The van der Waals surface area contributed by atoms with Crippen LogP contribution >= 0.6 is 39.3 Å². The van der Waals surface area contributed by atoms with Gasteiger partial charge >= 0.3 is 0 Å². The van der Waals surface area contributed by atoms with E-state index in [0.717, 1.165) is 20.6 Å². The number of halogens is 2. The van der Waals surface area contributed by atoms with Crippen molar-refractivity contribution < 1.29 is 9.47 Å². The van der Waals surface area contributed by atoms with E-state index in [1.54, 1.807) is 44.3 Å². The zero-order chi connectivity index (χ0) is 16.1. The maximum atomic E-state index is 6.11. The molecule has 6 heteroatoms. The number of benzene rings is 2. The molecule has 116 valence electrons. The summed E-state index contributed by atoms with van der Waals surface area (Å²) >= 11 is 11.2. The standard InChI is InChI=1S/C16H15BrClNO2S/c1-20-14-8-12(18)6-10(16(14)21-2)9-19-13-7-11(17)4-5-15(13)22-3/h4-9H,1-3H3/b19-9+. The van der Waals surface area contributed by atoms with Crippen LogP contribution in [0.4, 0.5) is 5.69 Å². The molecule has 0 saturated heterocycles. The Hall–Kier alpha value is -1.17. The van der Waals surface area contributed by atoms with Gasteiger partial charge in [0, 0.05) is 32.2 Å². The molecule has 0 spiro atoms. The Kier molecular flexibility index (Phi) is 6.17. The quantitative estimate of drug-likeness (QED) is 0.484. The van der Waals surface area contributed by atoms with Gasteiger partial charge in [0.15, 0.2) is 11.5 Å². The lowest BCUT2D eigenvalue weighted by Crippen LogP contribution is -1.95. The predicted molar refractivity (Wildman–Crippen MR) is 97.7 cm³/mol. The van der Waals surface area contributed by atoms with Gasteiger partial charge in [-0.25, -0.2) is 0 Å². The molecule has 0 saturated carbocycles. The SMILES string of the molecule is COc1cc(Cl)cc(/C=N/c2cc(Br)ccc2SC)c1OC. The molecule has 0 amide bonds. The largest absolute Gasteiger partial charge is 0.493 e. The average molecular weight is 401 g/mol. The van der Waals surface area contributed by atoms with Gasteiger partial charge < -0.3 is 9.47 Å². The summed E-state index contributed by atoms with van der Waals surface area (Å²) in [6, 6.07) is 9.50. The van der Waals surface area contributed by atoms with E-state index in [2.05, 4.69) is 20.9 Å². The lowest BCUT2D eigenvalue weighted by molar-refractivity contribution is 0.354. The van der Waals surface area contributed by atoms with Gasteiger partial charge in [-0.05, 0) is 30.5 Å². The van der Waals surface area contributed by atoms with Gasteiger partial charge in [-0.3, -0.25) is 4.99 Å². The molecule has 0 fully saturated rings. The fourth-order valence-electron chi connectivity index (χ4n) is 1.96. The first-order valence-corrected chi connectivity index (χ1v) is 8.77. The van der Waals surface area contributed by atoms with Crippen LogP contribution in [0.25, 0.3) is 0 Å². The van der Waals surface area contributed by atoms with E-state index in [4.69, 9.17) is 21.1 Å². The van der Waals surface area contributed by atoms with Crippen molar-refractivity contribution in [3.63, 3.8) is 0 Å². The maximum absolute atomic E-state index is 6.11. The Morgan fingerprint density at radius 2 is 1.95 bits per heavy atom. The second-order valence-corrected chi connectivity index (χ2v) is 6.51. The smallest absolute Gasteiger partial charge is 0.169 e. The molecule has 0 unspecified atom stereocenters. The van der Waals surface area contributed by atoms with Crippen molar-refractivity contribution in [3.05, 3.63) is 45.4 Å². The van der Waals surface area contributed by atoms with Gasteiger partial charge in [0.05, 0.1) is 19.9 Å². The molecule has 2 rings (SSSR count). The van der Waals surface area contributed by atoms with Crippen molar-refractivity contribution in [1.82, 2.24) is 0 Å². The van der Waals surface area contributed by atoms with E-state index in [-0.39, 0.29) is 0 Å². The summed E-state index contributed by atoms with van der Waals surface area (Å²) in [5.41, 5.74) is 1.64. The molecule has 0 N–H and O–H groups in total. The highest BCUT2D eigenvalue weighted by molar-refractivity contribution is 9.10. The molecule has 0 bridgehead atoms. The number of ether oxygens (including phenoxy) is 2. The lowest BCUT2D eigenvalue weighted by atomic mass is 10.2. The van der Waals surface area contributed by atoms with Crippen LogP contribution in [0.3, 0.4) is 0 Å². The van der Waals surface area contributed by atoms with E-state index < -0.39 is 0 Å². The van der Waals surface area contributed by atoms with Crippen LogP contribution in [0.2, 0.25) is 5.02 Å². The third-order valence-electron chi connectivity index (χ3n) is 2.96. The molecular weight excluding hydrogens is 386 g/mol. The number of aliphatic imine (C=N–C) groups is 1. The summed E-state index contributed by atoms with van der Waals surface area (Å²) in [7, 11) is 3.17. The van der Waals surface area contributed by atoms with Gasteiger partial charge in [-0.15, -0.1) is 11.8 Å². The Morgan fingerprint density at radius 1 is 1.18 bits per heavy atom. The summed E-state index contributed by atoms with van der Waals surface area (Å²) < 4.78 is 11.7. The summed E-state index contributed by atoms with van der Waals surface area (Å²) in [5.74, 6) is 1.19. The monoisotopic (exact) mass is 399 g/mol. The molecular formula is C16H15BrClNO2S. The Bertz CT molecular complexity index is 707. The van der Waals surface area contributed by atoms with Crippen molar-refractivity contribution in [2.24, 2.45) is 4.99 Å². The Balaban J connectivity index is 2.46. The van der Waals surface area contributed by atoms with Crippen molar-refractivity contribution in [1.29, 1.82) is 0 Å². The molecule has 2 aromatic rings. The summed E-state index contributed by atoms with van der Waals surface area (Å²) in [5, 5.41) is 0.568. The molecule has 0 aliphatic heterocycles. The van der Waals surface area contributed by atoms with Gasteiger partial charge in [0.2, 0.25) is 0 Å². The minimum absolute atomic E-state index is 0.568. The van der Waals surface area contributed by atoms with Crippen LogP contribution in [0, 0.1) is 0 Å². The minimum atomic E-state index is 0.568. The highest BCUT2D eigenvalue weighted by Gasteiger charge is 2.10. The number of nitrogens with zero attached hydrogens (tertiary/aromatic N) is 1. The fraction of sp³-hybridized carbons (Fsp3) is 0.188. The first-order valence-electron chi connectivity index (χ1n) is 6.38. The fourth-order valence-corrected chi connectivity index (χ4v) is 3.05. The minimum Gasteiger partial charge on any atom is -0.493 e. The Labute approximate surface area is 147 Å². The first kappa shape index (κ1) is 17.2. The van der Waals surface area contributed by atoms with E-state index in [0.29, 0.717) is 16.5 Å². The highest BCUT2D eigenvalue weighted by Crippen LogP contribution is 2.35. The zero-order valence-corrected chi connectivity index (χ0v) is 15.6. The van der Waals surface area contributed by atoms with Crippen molar-refractivity contribution >= 4 is 51.2 Å². The normalized spacial score (nSPS) is 11.0. The molecule has 0 heterocycles. The third kappa shape index (κ3) is 3.97. The second-order valence-electron chi connectivity index (χ2n) is 4.30. The van der Waals surface area contributed by atoms with Crippen LogP contribution in [0.5, 0.6) is 11.5 Å². The number of hydrogen-bond donors (Lipinski definition) is 0. The number of thioether (sulfide) groups is 1. The summed E-state index contributed by atoms with van der Waals surface area (Å²) in [6.45, 7) is 0. The van der Waals surface area contributed by atoms with Gasteiger partial charge in [0.25, 0.3) is 0 Å². The molecule has 0 aliphatic rings. The molecule has 0 aliphatic carbocycles. The molecule has 0 atom stereocenters. The predicted octanol–water partition coefficient (Wildman–Crippen LogP) is 5.59.